The van der Waals surface area contributed by atoms with Crippen LogP contribution in [0.15, 0.2) is 41.2 Å². The van der Waals surface area contributed by atoms with E-state index in [1.165, 1.54) is 19.2 Å². The Kier molecular flexibility index (Phi) is 3.78. The highest BCUT2D eigenvalue weighted by atomic mass is 16.6. The molecule has 22 heavy (non-hydrogen) atoms. The SMILES string of the molecule is Cn1nc(C(=O)NC[C@H]2COc3ccccc3O2)ccc1=O. The molecule has 0 aliphatic carbocycles. The molecule has 2 aromatic rings. The molecule has 2 heterocycles. The van der Waals surface area contributed by atoms with Gasteiger partial charge in [0, 0.05) is 13.1 Å². The second-order valence-corrected chi connectivity index (χ2v) is 4.89. The van der Waals surface area contributed by atoms with Crippen LogP contribution in [0.1, 0.15) is 10.5 Å². The van der Waals surface area contributed by atoms with Crippen molar-refractivity contribution in [3.8, 4) is 11.5 Å². The molecule has 0 unspecified atom stereocenters. The highest BCUT2D eigenvalue weighted by Gasteiger charge is 2.21. The van der Waals surface area contributed by atoms with Gasteiger partial charge in [-0.3, -0.25) is 9.59 Å². The summed E-state index contributed by atoms with van der Waals surface area (Å²) < 4.78 is 12.4. The van der Waals surface area contributed by atoms with E-state index in [0.29, 0.717) is 18.1 Å². The summed E-state index contributed by atoms with van der Waals surface area (Å²) in [5, 5.41) is 6.62. The third-order valence-electron chi connectivity index (χ3n) is 3.25. The van der Waals surface area contributed by atoms with Gasteiger partial charge in [-0.2, -0.15) is 5.10 Å². The summed E-state index contributed by atoms with van der Waals surface area (Å²) in [6.07, 6.45) is -0.272. The molecule has 0 fully saturated rings. The monoisotopic (exact) mass is 301 g/mol. The second-order valence-electron chi connectivity index (χ2n) is 4.89. The highest BCUT2D eigenvalue weighted by Crippen LogP contribution is 2.30. The normalized spacial score (nSPS) is 16.1. The largest absolute Gasteiger partial charge is 0.486 e. The number of rotatable bonds is 3. The number of aromatic nitrogens is 2. The summed E-state index contributed by atoms with van der Waals surface area (Å²) >= 11 is 0. The topological polar surface area (TPSA) is 82.5 Å². The maximum atomic E-state index is 12.0. The van der Waals surface area contributed by atoms with Crippen LogP contribution in [0, 0.1) is 0 Å². The Morgan fingerprint density at radius 2 is 2.09 bits per heavy atom. The number of ether oxygens (including phenoxy) is 2. The Balaban J connectivity index is 1.60. The fraction of sp³-hybridized carbons (Fsp3) is 0.267. The van der Waals surface area contributed by atoms with Crippen LogP contribution < -0.4 is 20.3 Å². The molecule has 3 rings (SSSR count). The van der Waals surface area contributed by atoms with E-state index >= 15 is 0 Å². The van der Waals surface area contributed by atoms with Gasteiger partial charge < -0.3 is 14.8 Å². The molecule has 1 aromatic heterocycles. The molecule has 7 heteroatoms. The minimum atomic E-state index is -0.363. The van der Waals surface area contributed by atoms with Crippen LogP contribution in [0.2, 0.25) is 0 Å². The molecule has 114 valence electrons. The van der Waals surface area contributed by atoms with Crippen molar-refractivity contribution in [2.45, 2.75) is 6.10 Å². The number of nitrogens with one attached hydrogen (secondary N) is 1. The van der Waals surface area contributed by atoms with E-state index in [4.69, 9.17) is 9.47 Å². The molecule has 0 bridgehead atoms. The van der Waals surface area contributed by atoms with Crippen molar-refractivity contribution >= 4 is 5.91 Å². The first kappa shape index (κ1) is 14.1. The maximum absolute atomic E-state index is 12.0. The van der Waals surface area contributed by atoms with Gasteiger partial charge in [-0.1, -0.05) is 12.1 Å². The molecule has 1 aromatic carbocycles. The number of para-hydroxylation sites is 2. The molecule has 1 amide bonds. The lowest BCUT2D eigenvalue weighted by atomic mass is 10.2. The molecule has 7 nitrogen and oxygen atoms in total. The van der Waals surface area contributed by atoms with Crippen LogP contribution in [0.4, 0.5) is 0 Å². The number of carbonyl (C=O) groups excluding carboxylic acids is 1. The zero-order chi connectivity index (χ0) is 15.5. The van der Waals surface area contributed by atoms with Crippen molar-refractivity contribution in [1.29, 1.82) is 0 Å². The zero-order valence-electron chi connectivity index (χ0n) is 12.0. The quantitative estimate of drug-likeness (QED) is 0.884. The standard InChI is InChI=1S/C15H15N3O4/c1-18-14(19)7-6-11(17-18)15(20)16-8-10-9-21-12-4-2-3-5-13(12)22-10/h2-7,10H,8-9H2,1H3,(H,16,20)/t10-/m0/s1. The van der Waals surface area contributed by atoms with E-state index < -0.39 is 0 Å². The van der Waals surface area contributed by atoms with E-state index in [2.05, 4.69) is 10.4 Å². The molecule has 0 spiro atoms. The summed E-state index contributed by atoms with van der Waals surface area (Å²) in [5.41, 5.74) is -0.0867. The van der Waals surface area contributed by atoms with Gasteiger partial charge in [0.1, 0.15) is 18.4 Å². The number of amides is 1. The van der Waals surface area contributed by atoms with Crippen molar-refractivity contribution in [3.63, 3.8) is 0 Å². The summed E-state index contributed by atoms with van der Waals surface area (Å²) in [4.78, 5) is 23.3. The van der Waals surface area contributed by atoms with Gasteiger partial charge in [0.25, 0.3) is 11.5 Å². The lowest BCUT2D eigenvalue weighted by Gasteiger charge is -2.26. The van der Waals surface area contributed by atoms with Crippen molar-refractivity contribution in [2.75, 3.05) is 13.2 Å². The third-order valence-corrected chi connectivity index (χ3v) is 3.25. The number of hydrogen-bond donors (Lipinski definition) is 1. The van der Waals surface area contributed by atoms with Gasteiger partial charge in [0.05, 0.1) is 6.54 Å². The molecule has 1 N–H and O–H groups in total. The smallest absolute Gasteiger partial charge is 0.271 e. The first-order valence-electron chi connectivity index (χ1n) is 6.84. The number of hydrogen-bond acceptors (Lipinski definition) is 5. The van der Waals surface area contributed by atoms with Crippen molar-refractivity contribution in [1.82, 2.24) is 15.1 Å². The van der Waals surface area contributed by atoms with E-state index in [9.17, 15) is 9.59 Å². The van der Waals surface area contributed by atoms with E-state index in [1.54, 1.807) is 0 Å². The van der Waals surface area contributed by atoms with Crippen LogP contribution in [-0.4, -0.2) is 34.9 Å². The fourth-order valence-corrected chi connectivity index (χ4v) is 2.08. The van der Waals surface area contributed by atoms with Gasteiger partial charge in [-0.05, 0) is 18.2 Å². The first-order valence-corrected chi connectivity index (χ1v) is 6.84. The van der Waals surface area contributed by atoms with E-state index in [0.717, 1.165) is 4.68 Å². The zero-order valence-corrected chi connectivity index (χ0v) is 12.0. The van der Waals surface area contributed by atoms with Crippen molar-refractivity contribution in [2.24, 2.45) is 7.05 Å². The highest BCUT2D eigenvalue weighted by molar-refractivity contribution is 5.92. The van der Waals surface area contributed by atoms with Crippen LogP contribution in [-0.2, 0) is 7.05 Å². The van der Waals surface area contributed by atoms with Crippen molar-refractivity contribution in [3.05, 3.63) is 52.4 Å². The Labute approximate surface area is 126 Å². The third kappa shape index (κ3) is 2.93. The molecular formula is C15H15N3O4. The minimum absolute atomic E-state index is 0.180. The van der Waals surface area contributed by atoms with Gasteiger partial charge >= 0.3 is 0 Å². The Morgan fingerprint density at radius 3 is 2.86 bits per heavy atom. The van der Waals surface area contributed by atoms with Gasteiger partial charge in [0.15, 0.2) is 11.5 Å². The molecule has 1 aliphatic rings. The molecule has 1 aliphatic heterocycles. The average Bonchev–Trinajstić information content (AvgIpc) is 2.55. The minimum Gasteiger partial charge on any atom is -0.486 e. The van der Waals surface area contributed by atoms with Gasteiger partial charge in [-0.25, -0.2) is 4.68 Å². The lowest BCUT2D eigenvalue weighted by molar-refractivity contribution is 0.0785. The Morgan fingerprint density at radius 1 is 1.32 bits per heavy atom. The Hall–Kier alpha value is -2.83. The maximum Gasteiger partial charge on any atom is 0.271 e. The predicted molar refractivity (Wildman–Crippen MR) is 78.2 cm³/mol. The predicted octanol–water partition coefficient (Wildman–Crippen LogP) is 0.350. The van der Waals surface area contributed by atoms with Crippen molar-refractivity contribution < 1.29 is 14.3 Å². The number of nitrogens with zero attached hydrogens (tertiary/aromatic N) is 2. The Bertz CT molecular complexity index is 756. The average molecular weight is 301 g/mol. The van der Waals surface area contributed by atoms with Crippen LogP contribution >= 0.6 is 0 Å². The van der Waals surface area contributed by atoms with Crippen LogP contribution in [0.3, 0.4) is 0 Å². The second kappa shape index (κ2) is 5.88. The molecule has 0 saturated heterocycles. The summed E-state index contributed by atoms with van der Waals surface area (Å²) in [5.74, 6) is 0.996. The van der Waals surface area contributed by atoms with Crippen LogP contribution in [0.5, 0.6) is 11.5 Å². The number of carbonyl (C=O) groups is 1. The number of fused-ring (bicyclic) bond motifs is 1. The molecule has 1 atom stereocenters. The van der Waals surface area contributed by atoms with Crippen LogP contribution in [0.25, 0.3) is 0 Å². The number of aryl methyl sites for hydroxylation is 1. The molecule has 0 saturated carbocycles. The van der Waals surface area contributed by atoms with Gasteiger partial charge in [0.2, 0.25) is 0 Å². The number of benzene rings is 1. The first-order chi connectivity index (χ1) is 10.6. The van der Waals surface area contributed by atoms with E-state index in [1.807, 2.05) is 24.3 Å². The summed E-state index contributed by atoms with van der Waals surface area (Å²) in [7, 11) is 1.49. The fourth-order valence-electron chi connectivity index (χ4n) is 2.08. The summed E-state index contributed by atoms with van der Waals surface area (Å²) in [6.45, 7) is 0.648. The van der Waals surface area contributed by atoms with Gasteiger partial charge in [-0.15, -0.1) is 0 Å². The molecule has 0 radical (unpaired) electrons. The summed E-state index contributed by atoms with van der Waals surface area (Å²) in [6, 6.07) is 10.1. The molecular weight excluding hydrogens is 286 g/mol. The van der Waals surface area contributed by atoms with E-state index in [-0.39, 0.29) is 29.8 Å². The lowest BCUT2D eigenvalue weighted by Crippen LogP contribution is -2.41.